The van der Waals surface area contributed by atoms with Crippen molar-refractivity contribution in [2.75, 3.05) is 28.4 Å². The number of hydrazine groups is 1. The van der Waals surface area contributed by atoms with E-state index in [-0.39, 0.29) is 18.0 Å². The SMILES string of the molecule is COc1ccc(C2CC(C(=O)NCc3cc(OC)c(OC)c(OC)c3)NN2)cc1. The summed E-state index contributed by atoms with van der Waals surface area (Å²) in [4.78, 5) is 12.6. The number of rotatable bonds is 8. The average molecular weight is 401 g/mol. The minimum Gasteiger partial charge on any atom is -0.497 e. The van der Waals surface area contributed by atoms with Gasteiger partial charge in [-0.2, -0.15) is 0 Å². The van der Waals surface area contributed by atoms with Crippen LogP contribution in [0.1, 0.15) is 23.6 Å². The maximum absolute atomic E-state index is 12.6. The van der Waals surface area contributed by atoms with E-state index in [2.05, 4.69) is 16.2 Å². The highest BCUT2D eigenvalue weighted by atomic mass is 16.5. The van der Waals surface area contributed by atoms with Gasteiger partial charge in [-0.1, -0.05) is 12.1 Å². The Hall–Kier alpha value is -2.97. The van der Waals surface area contributed by atoms with E-state index in [0.29, 0.717) is 30.2 Å². The lowest BCUT2D eigenvalue weighted by molar-refractivity contribution is -0.123. The fourth-order valence-electron chi connectivity index (χ4n) is 3.33. The molecule has 1 amide bonds. The van der Waals surface area contributed by atoms with Crippen LogP contribution in [0.3, 0.4) is 0 Å². The van der Waals surface area contributed by atoms with Crippen molar-refractivity contribution in [2.45, 2.75) is 25.0 Å². The predicted octanol–water partition coefficient (Wildman–Crippen LogP) is 1.94. The van der Waals surface area contributed by atoms with Crippen LogP contribution in [0, 0.1) is 0 Å². The molecule has 0 bridgehead atoms. The summed E-state index contributed by atoms with van der Waals surface area (Å²) in [6.45, 7) is 0.348. The maximum atomic E-state index is 12.6. The molecule has 0 saturated carbocycles. The summed E-state index contributed by atoms with van der Waals surface area (Å²) in [5.74, 6) is 2.35. The predicted molar refractivity (Wildman–Crippen MR) is 108 cm³/mol. The molecule has 2 atom stereocenters. The van der Waals surface area contributed by atoms with Crippen LogP contribution in [0.4, 0.5) is 0 Å². The largest absolute Gasteiger partial charge is 0.497 e. The van der Waals surface area contributed by atoms with Gasteiger partial charge in [-0.15, -0.1) is 0 Å². The number of hydrogen-bond acceptors (Lipinski definition) is 7. The molecule has 8 heteroatoms. The molecule has 1 aliphatic heterocycles. The van der Waals surface area contributed by atoms with Crippen LogP contribution in [-0.4, -0.2) is 40.4 Å². The number of benzene rings is 2. The van der Waals surface area contributed by atoms with Crippen LogP contribution >= 0.6 is 0 Å². The summed E-state index contributed by atoms with van der Waals surface area (Å²) in [5, 5.41) is 2.96. The molecule has 29 heavy (non-hydrogen) atoms. The molecule has 8 nitrogen and oxygen atoms in total. The van der Waals surface area contributed by atoms with Gasteiger partial charge in [-0.05, 0) is 41.8 Å². The number of carbonyl (C=O) groups excluding carboxylic acids is 1. The van der Waals surface area contributed by atoms with Crippen molar-refractivity contribution < 1.29 is 23.7 Å². The van der Waals surface area contributed by atoms with Crippen LogP contribution in [-0.2, 0) is 11.3 Å². The van der Waals surface area contributed by atoms with Crippen LogP contribution in [0.5, 0.6) is 23.0 Å². The van der Waals surface area contributed by atoms with Crippen LogP contribution in [0.25, 0.3) is 0 Å². The van der Waals surface area contributed by atoms with Gasteiger partial charge in [0.2, 0.25) is 11.7 Å². The smallest absolute Gasteiger partial charge is 0.238 e. The quantitative estimate of drug-likeness (QED) is 0.623. The first-order valence-electron chi connectivity index (χ1n) is 9.31. The Morgan fingerprint density at radius 3 is 2.17 bits per heavy atom. The molecule has 2 aromatic carbocycles. The fraction of sp³-hybridized carbons (Fsp3) is 0.381. The van der Waals surface area contributed by atoms with E-state index in [1.807, 2.05) is 36.4 Å². The zero-order valence-corrected chi connectivity index (χ0v) is 17.1. The van der Waals surface area contributed by atoms with Crippen molar-refractivity contribution in [1.82, 2.24) is 16.2 Å². The molecule has 2 unspecified atom stereocenters. The Balaban J connectivity index is 1.60. The minimum absolute atomic E-state index is 0.0535. The van der Waals surface area contributed by atoms with E-state index in [0.717, 1.165) is 16.9 Å². The molecule has 0 radical (unpaired) electrons. The zero-order valence-electron chi connectivity index (χ0n) is 17.1. The third-order valence-electron chi connectivity index (χ3n) is 4.93. The number of carbonyl (C=O) groups is 1. The number of hydrogen-bond donors (Lipinski definition) is 3. The van der Waals surface area contributed by atoms with E-state index >= 15 is 0 Å². The second-order valence-corrected chi connectivity index (χ2v) is 6.65. The van der Waals surface area contributed by atoms with Gasteiger partial charge in [-0.3, -0.25) is 4.79 Å². The molecule has 1 saturated heterocycles. The second kappa shape index (κ2) is 9.49. The molecule has 3 rings (SSSR count). The molecule has 0 spiro atoms. The van der Waals surface area contributed by atoms with Gasteiger partial charge in [0.15, 0.2) is 11.5 Å². The molecule has 156 valence electrons. The average Bonchev–Trinajstić information content (AvgIpc) is 3.27. The molecule has 1 heterocycles. The van der Waals surface area contributed by atoms with Crippen LogP contribution in [0.2, 0.25) is 0 Å². The third-order valence-corrected chi connectivity index (χ3v) is 4.93. The lowest BCUT2D eigenvalue weighted by Gasteiger charge is -2.15. The zero-order chi connectivity index (χ0) is 20.8. The van der Waals surface area contributed by atoms with Crippen molar-refractivity contribution in [3.63, 3.8) is 0 Å². The first-order chi connectivity index (χ1) is 14.1. The number of ether oxygens (including phenoxy) is 4. The van der Waals surface area contributed by atoms with E-state index in [1.54, 1.807) is 28.4 Å². The highest BCUT2D eigenvalue weighted by molar-refractivity contribution is 5.82. The Kier molecular flexibility index (Phi) is 6.79. The molecular formula is C21H27N3O5. The molecule has 0 aromatic heterocycles. The Morgan fingerprint density at radius 1 is 0.966 bits per heavy atom. The van der Waals surface area contributed by atoms with E-state index in [1.165, 1.54) is 0 Å². The van der Waals surface area contributed by atoms with Crippen molar-refractivity contribution in [2.24, 2.45) is 0 Å². The topological polar surface area (TPSA) is 90.1 Å². The molecule has 2 aromatic rings. The number of nitrogens with one attached hydrogen (secondary N) is 3. The first-order valence-corrected chi connectivity index (χ1v) is 9.31. The summed E-state index contributed by atoms with van der Waals surface area (Å²) in [6, 6.07) is 11.2. The van der Waals surface area contributed by atoms with Crippen LogP contribution in [0.15, 0.2) is 36.4 Å². The van der Waals surface area contributed by atoms with Gasteiger partial charge in [0, 0.05) is 12.6 Å². The first kappa shape index (κ1) is 20.8. The van der Waals surface area contributed by atoms with Gasteiger partial charge in [0.05, 0.1) is 28.4 Å². The van der Waals surface area contributed by atoms with Gasteiger partial charge >= 0.3 is 0 Å². The van der Waals surface area contributed by atoms with Crippen LogP contribution < -0.4 is 35.1 Å². The van der Waals surface area contributed by atoms with Crippen molar-refractivity contribution in [3.05, 3.63) is 47.5 Å². The Labute approximate surface area is 170 Å². The van der Waals surface area contributed by atoms with E-state index in [9.17, 15) is 4.79 Å². The summed E-state index contributed by atoms with van der Waals surface area (Å²) in [7, 11) is 6.32. The van der Waals surface area contributed by atoms with E-state index in [4.69, 9.17) is 18.9 Å². The summed E-state index contributed by atoms with van der Waals surface area (Å²) in [5.41, 5.74) is 8.20. The number of methoxy groups -OCH3 is 4. The molecule has 0 aliphatic carbocycles. The van der Waals surface area contributed by atoms with E-state index < -0.39 is 0 Å². The second-order valence-electron chi connectivity index (χ2n) is 6.65. The normalized spacial score (nSPS) is 18.2. The van der Waals surface area contributed by atoms with Gasteiger partial charge in [0.1, 0.15) is 11.8 Å². The van der Waals surface area contributed by atoms with Crippen molar-refractivity contribution in [1.29, 1.82) is 0 Å². The van der Waals surface area contributed by atoms with Gasteiger partial charge in [-0.25, -0.2) is 10.9 Å². The maximum Gasteiger partial charge on any atom is 0.238 e. The molecule has 1 fully saturated rings. The Bertz CT molecular complexity index is 816. The highest BCUT2D eigenvalue weighted by Gasteiger charge is 2.30. The molecule has 3 N–H and O–H groups in total. The summed E-state index contributed by atoms with van der Waals surface area (Å²) >= 11 is 0. The molecule has 1 aliphatic rings. The minimum atomic E-state index is -0.329. The third kappa shape index (κ3) is 4.72. The highest BCUT2D eigenvalue weighted by Crippen LogP contribution is 2.38. The standard InChI is InChI=1S/C21H27N3O5/c1-26-15-7-5-14(6-8-15)16-11-17(24-23-16)21(25)22-12-13-9-18(27-2)20(29-4)19(10-13)28-3/h5-10,16-17,23-24H,11-12H2,1-4H3,(H,22,25). The fourth-order valence-corrected chi connectivity index (χ4v) is 3.33. The summed E-state index contributed by atoms with van der Waals surface area (Å²) < 4.78 is 21.2. The van der Waals surface area contributed by atoms with Gasteiger partial charge in [0.25, 0.3) is 0 Å². The number of amides is 1. The summed E-state index contributed by atoms with van der Waals surface area (Å²) in [6.07, 6.45) is 0.646. The van der Waals surface area contributed by atoms with Crippen molar-refractivity contribution >= 4 is 5.91 Å². The van der Waals surface area contributed by atoms with Crippen molar-refractivity contribution in [3.8, 4) is 23.0 Å². The molecular weight excluding hydrogens is 374 g/mol. The monoisotopic (exact) mass is 401 g/mol. The Morgan fingerprint density at radius 2 is 1.62 bits per heavy atom. The lowest BCUT2D eigenvalue weighted by Crippen LogP contribution is -2.42. The lowest BCUT2D eigenvalue weighted by atomic mass is 10.0. The van der Waals surface area contributed by atoms with Gasteiger partial charge < -0.3 is 24.3 Å².